The number of piperidine rings is 1. The van der Waals surface area contributed by atoms with Gasteiger partial charge in [0.15, 0.2) is 11.5 Å². The van der Waals surface area contributed by atoms with Gasteiger partial charge in [-0.2, -0.15) is 4.31 Å². The fourth-order valence-corrected chi connectivity index (χ4v) is 5.24. The van der Waals surface area contributed by atoms with E-state index >= 15 is 0 Å². The molecule has 0 saturated carbocycles. The van der Waals surface area contributed by atoms with Crippen molar-refractivity contribution < 1.29 is 22.7 Å². The smallest absolute Gasteiger partial charge is 0.243 e. The Labute approximate surface area is 182 Å². The number of hydrogen-bond donors (Lipinski definition) is 2. The second-order valence-corrected chi connectivity index (χ2v) is 9.70. The van der Waals surface area contributed by atoms with Crippen LogP contribution in [0.3, 0.4) is 0 Å². The number of sulfonamides is 1. The first-order valence-corrected chi connectivity index (χ1v) is 11.9. The molecule has 0 spiro atoms. The van der Waals surface area contributed by atoms with Gasteiger partial charge in [0.2, 0.25) is 22.7 Å². The summed E-state index contributed by atoms with van der Waals surface area (Å²) >= 11 is 0. The monoisotopic (exact) mass is 445 g/mol. The Hall–Kier alpha value is -2.78. The van der Waals surface area contributed by atoms with Crippen LogP contribution in [0.2, 0.25) is 0 Å². The predicted octanol–water partition coefficient (Wildman–Crippen LogP) is 2.63. The molecule has 0 aliphatic carbocycles. The predicted molar refractivity (Wildman–Crippen MR) is 117 cm³/mol. The van der Waals surface area contributed by atoms with Gasteiger partial charge in [-0.1, -0.05) is 18.6 Å². The first kappa shape index (κ1) is 21.5. The lowest BCUT2D eigenvalue weighted by atomic mass is 10.2. The van der Waals surface area contributed by atoms with Crippen LogP contribution in [0.1, 0.15) is 30.4 Å². The number of aryl methyl sites for hydroxylation is 1. The van der Waals surface area contributed by atoms with Gasteiger partial charge in [0, 0.05) is 25.3 Å². The van der Waals surface area contributed by atoms with E-state index < -0.39 is 10.0 Å². The summed E-state index contributed by atoms with van der Waals surface area (Å²) in [6, 6.07) is 10.5. The molecule has 2 aliphatic rings. The lowest BCUT2D eigenvalue weighted by Gasteiger charge is -2.26. The van der Waals surface area contributed by atoms with Gasteiger partial charge in [-0.3, -0.25) is 4.79 Å². The SMILES string of the molecule is Cc1ccc(S(=O)(=O)N2CCCCC2)cc1NCC(=O)NCc1ccc2c(c1)OCO2. The molecule has 0 unspecified atom stereocenters. The molecule has 1 fully saturated rings. The van der Waals surface area contributed by atoms with Crippen LogP contribution >= 0.6 is 0 Å². The summed E-state index contributed by atoms with van der Waals surface area (Å²) < 4.78 is 38.0. The van der Waals surface area contributed by atoms with E-state index in [9.17, 15) is 13.2 Å². The lowest BCUT2D eigenvalue weighted by molar-refractivity contribution is -0.119. The minimum absolute atomic E-state index is 0.0403. The van der Waals surface area contributed by atoms with Crippen LogP contribution in [0.4, 0.5) is 5.69 Å². The number of rotatable bonds is 7. The summed E-state index contributed by atoms with van der Waals surface area (Å²) in [4.78, 5) is 12.6. The van der Waals surface area contributed by atoms with E-state index in [-0.39, 0.29) is 24.1 Å². The number of carbonyl (C=O) groups excluding carboxylic acids is 1. The Balaban J connectivity index is 1.35. The van der Waals surface area contributed by atoms with Crippen molar-refractivity contribution >= 4 is 21.6 Å². The molecule has 1 saturated heterocycles. The van der Waals surface area contributed by atoms with Crippen LogP contribution in [-0.4, -0.2) is 45.1 Å². The third kappa shape index (κ3) is 4.94. The lowest BCUT2D eigenvalue weighted by Crippen LogP contribution is -2.35. The van der Waals surface area contributed by atoms with E-state index in [2.05, 4.69) is 10.6 Å². The highest BCUT2D eigenvalue weighted by atomic mass is 32.2. The zero-order valence-electron chi connectivity index (χ0n) is 17.5. The number of nitrogens with one attached hydrogen (secondary N) is 2. The first-order valence-electron chi connectivity index (χ1n) is 10.4. The molecule has 2 N–H and O–H groups in total. The van der Waals surface area contributed by atoms with Gasteiger partial charge in [-0.25, -0.2) is 8.42 Å². The maximum absolute atomic E-state index is 12.9. The largest absolute Gasteiger partial charge is 0.454 e. The second kappa shape index (κ2) is 9.15. The number of anilines is 1. The van der Waals surface area contributed by atoms with Crippen molar-refractivity contribution in [1.29, 1.82) is 0 Å². The van der Waals surface area contributed by atoms with E-state index in [0.717, 1.165) is 30.4 Å². The zero-order chi connectivity index (χ0) is 21.8. The summed E-state index contributed by atoms with van der Waals surface area (Å²) in [5.41, 5.74) is 2.42. The van der Waals surface area contributed by atoms with Crippen molar-refractivity contribution in [3.8, 4) is 11.5 Å². The molecule has 0 bridgehead atoms. The number of benzene rings is 2. The van der Waals surface area contributed by atoms with Gasteiger partial charge in [-0.05, 0) is 55.2 Å². The quantitative estimate of drug-likeness (QED) is 0.680. The molecule has 1 amide bonds. The Morgan fingerprint density at radius 1 is 1.03 bits per heavy atom. The number of hydrogen-bond acceptors (Lipinski definition) is 6. The summed E-state index contributed by atoms with van der Waals surface area (Å²) in [5, 5.41) is 5.92. The molecule has 0 atom stereocenters. The van der Waals surface area contributed by atoms with Crippen molar-refractivity contribution in [2.24, 2.45) is 0 Å². The van der Waals surface area contributed by atoms with Crippen LogP contribution in [0.5, 0.6) is 11.5 Å². The van der Waals surface area contributed by atoms with E-state index in [4.69, 9.17) is 9.47 Å². The molecule has 2 aromatic rings. The molecule has 9 heteroatoms. The summed E-state index contributed by atoms with van der Waals surface area (Å²) in [7, 11) is -3.52. The topological polar surface area (TPSA) is 97.0 Å². The van der Waals surface area contributed by atoms with E-state index in [1.165, 1.54) is 0 Å². The van der Waals surface area contributed by atoms with Crippen molar-refractivity contribution in [2.75, 3.05) is 31.7 Å². The molecule has 8 nitrogen and oxygen atoms in total. The van der Waals surface area contributed by atoms with Crippen LogP contribution in [0.25, 0.3) is 0 Å². The minimum atomic E-state index is -3.52. The molecule has 0 radical (unpaired) electrons. The van der Waals surface area contributed by atoms with Gasteiger partial charge in [0.05, 0.1) is 11.4 Å². The first-order chi connectivity index (χ1) is 14.9. The molecule has 2 aliphatic heterocycles. The molecule has 4 rings (SSSR count). The normalized spacial score (nSPS) is 16.2. The molecule has 0 aromatic heterocycles. The molecule has 31 heavy (non-hydrogen) atoms. The highest BCUT2D eigenvalue weighted by molar-refractivity contribution is 7.89. The average molecular weight is 446 g/mol. The molecule has 2 aromatic carbocycles. The van der Waals surface area contributed by atoms with Crippen molar-refractivity contribution in [3.63, 3.8) is 0 Å². The van der Waals surface area contributed by atoms with Crippen LogP contribution < -0.4 is 20.1 Å². The Kier molecular flexibility index (Phi) is 6.33. The fraction of sp³-hybridized carbons (Fsp3) is 0.409. The standard InChI is InChI=1S/C22H27N3O5S/c1-16-5-7-18(31(27,28)25-9-3-2-4-10-25)12-19(16)23-14-22(26)24-13-17-6-8-20-21(11-17)30-15-29-20/h5-8,11-12,23H,2-4,9-10,13-15H2,1H3,(H,24,26). The van der Waals surface area contributed by atoms with E-state index in [1.54, 1.807) is 22.5 Å². The average Bonchev–Trinajstić information content (AvgIpc) is 3.25. The summed E-state index contributed by atoms with van der Waals surface area (Å²) in [5.74, 6) is 1.18. The Morgan fingerprint density at radius 2 is 1.81 bits per heavy atom. The van der Waals surface area contributed by atoms with E-state index in [0.29, 0.717) is 36.8 Å². The summed E-state index contributed by atoms with van der Waals surface area (Å²) in [6.07, 6.45) is 2.84. The van der Waals surface area contributed by atoms with Crippen molar-refractivity contribution in [1.82, 2.24) is 9.62 Å². The maximum Gasteiger partial charge on any atom is 0.243 e. The second-order valence-electron chi connectivity index (χ2n) is 7.76. The van der Waals surface area contributed by atoms with Crippen LogP contribution in [-0.2, 0) is 21.4 Å². The third-order valence-corrected chi connectivity index (χ3v) is 7.42. The number of carbonyl (C=O) groups is 1. The number of amides is 1. The van der Waals surface area contributed by atoms with Gasteiger partial charge < -0.3 is 20.1 Å². The van der Waals surface area contributed by atoms with Crippen molar-refractivity contribution in [3.05, 3.63) is 47.5 Å². The zero-order valence-corrected chi connectivity index (χ0v) is 18.3. The van der Waals surface area contributed by atoms with Gasteiger partial charge >= 0.3 is 0 Å². The number of nitrogens with zero attached hydrogens (tertiary/aromatic N) is 1. The van der Waals surface area contributed by atoms with Gasteiger partial charge in [0.1, 0.15) is 0 Å². The molecule has 2 heterocycles. The third-order valence-electron chi connectivity index (χ3n) is 5.53. The van der Waals surface area contributed by atoms with Crippen LogP contribution in [0, 0.1) is 6.92 Å². The Morgan fingerprint density at radius 3 is 2.61 bits per heavy atom. The van der Waals surface area contributed by atoms with Gasteiger partial charge in [-0.15, -0.1) is 0 Å². The van der Waals surface area contributed by atoms with Gasteiger partial charge in [0.25, 0.3) is 0 Å². The highest BCUT2D eigenvalue weighted by Crippen LogP contribution is 2.32. The highest BCUT2D eigenvalue weighted by Gasteiger charge is 2.26. The maximum atomic E-state index is 12.9. The molecular weight excluding hydrogens is 418 g/mol. The molecule has 166 valence electrons. The number of fused-ring (bicyclic) bond motifs is 1. The summed E-state index contributed by atoms with van der Waals surface area (Å²) in [6.45, 7) is 3.60. The number of ether oxygens (including phenoxy) is 2. The van der Waals surface area contributed by atoms with Crippen molar-refractivity contribution in [2.45, 2.75) is 37.6 Å². The van der Waals surface area contributed by atoms with Crippen LogP contribution in [0.15, 0.2) is 41.3 Å². The minimum Gasteiger partial charge on any atom is -0.454 e. The molecular formula is C22H27N3O5S. The van der Waals surface area contributed by atoms with E-state index in [1.807, 2.05) is 25.1 Å². The Bertz CT molecular complexity index is 1060. The fourth-order valence-electron chi connectivity index (χ4n) is 3.70.